The van der Waals surface area contributed by atoms with Crippen LogP contribution in [0, 0.1) is 0 Å². The number of hydrogen-bond donors (Lipinski definition) is 1. The molecule has 1 amide bonds. The number of rotatable bonds is 7. The van der Waals surface area contributed by atoms with Crippen LogP contribution in [0.3, 0.4) is 0 Å². The van der Waals surface area contributed by atoms with Crippen molar-refractivity contribution in [1.82, 2.24) is 15.1 Å². The van der Waals surface area contributed by atoms with Crippen LogP contribution in [0.4, 0.5) is 0 Å². The van der Waals surface area contributed by atoms with Crippen molar-refractivity contribution in [2.45, 2.75) is 6.42 Å². The molecule has 29 heavy (non-hydrogen) atoms. The number of carbonyl (C=O) groups is 1. The Morgan fingerprint density at radius 3 is 2.79 bits per heavy atom. The standard InChI is InChI=1S/C22H19N3O4/c26-21(15-28-19-8-6-17-7-9-22(27)29-20(17)12-19)23-11-10-16-13-24-25(14-16)18-4-2-1-3-5-18/h1-9,12-14H,10-11,15H2,(H,23,26). The first-order chi connectivity index (χ1) is 14.2. The van der Waals surface area contributed by atoms with Gasteiger partial charge in [0.15, 0.2) is 6.61 Å². The van der Waals surface area contributed by atoms with Crippen LogP contribution < -0.4 is 15.7 Å². The molecule has 4 rings (SSSR count). The summed E-state index contributed by atoms with van der Waals surface area (Å²) >= 11 is 0. The highest BCUT2D eigenvalue weighted by atomic mass is 16.5. The van der Waals surface area contributed by atoms with E-state index in [4.69, 9.17) is 9.15 Å². The van der Waals surface area contributed by atoms with Crippen molar-refractivity contribution >= 4 is 16.9 Å². The van der Waals surface area contributed by atoms with Crippen LogP contribution in [0.2, 0.25) is 0 Å². The van der Waals surface area contributed by atoms with E-state index in [0.29, 0.717) is 24.3 Å². The lowest BCUT2D eigenvalue weighted by Crippen LogP contribution is -2.30. The van der Waals surface area contributed by atoms with E-state index in [9.17, 15) is 9.59 Å². The Balaban J connectivity index is 1.25. The second-order valence-electron chi connectivity index (χ2n) is 6.47. The van der Waals surface area contributed by atoms with Gasteiger partial charge in [0.05, 0.1) is 11.9 Å². The second-order valence-corrected chi connectivity index (χ2v) is 6.47. The van der Waals surface area contributed by atoms with Gasteiger partial charge in [0.1, 0.15) is 11.3 Å². The van der Waals surface area contributed by atoms with Gasteiger partial charge >= 0.3 is 5.63 Å². The minimum absolute atomic E-state index is 0.119. The Morgan fingerprint density at radius 1 is 1.10 bits per heavy atom. The van der Waals surface area contributed by atoms with Gasteiger partial charge in [-0.25, -0.2) is 9.48 Å². The van der Waals surface area contributed by atoms with E-state index in [2.05, 4.69) is 10.4 Å². The molecule has 146 valence electrons. The lowest BCUT2D eigenvalue weighted by Gasteiger charge is -2.07. The van der Waals surface area contributed by atoms with Gasteiger partial charge < -0.3 is 14.5 Å². The molecule has 4 aromatic rings. The van der Waals surface area contributed by atoms with Crippen LogP contribution in [0.15, 0.2) is 82.3 Å². The SMILES string of the molecule is O=C(COc1ccc2ccc(=O)oc2c1)NCCc1cnn(-c2ccccc2)c1. The third kappa shape index (κ3) is 4.70. The molecular formula is C22H19N3O4. The third-order valence-electron chi connectivity index (χ3n) is 4.36. The van der Waals surface area contributed by atoms with Gasteiger partial charge in [-0.3, -0.25) is 4.79 Å². The molecule has 7 nitrogen and oxygen atoms in total. The number of amides is 1. The number of fused-ring (bicyclic) bond motifs is 1. The van der Waals surface area contributed by atoms with E-state index in [1.165, 1.54) is 6.07 Å². The van der Waals surface area contributed by atoms with Gasteiger partial charge in [-0.15, -0.1) is 0 Å². The highest BCUT2D eigenvalue weighted by Crippen LogP contribution is 2.19. The highest BCUT2D eigenvalue weighted by molar-refractivity contribution is 5.79. The number of nitrogens with zero attached hydrogens (tertiary/aromatic N) is 2. The Hall–Kier alpha value is -3.87. The van der Waals surface area contributed by atoms with E-state index in [1.807, 2.05) is 36.5 Å². The van der Waals surface area contributed by atoms with Crippen molar-refractivity contribution in [1.29, 1.82) is 0 Å². The van der Waals surface area contributed by atoms with E-state index in [0.717, 1.165) is 16.6 Å². The molecule has 0 aliphatic heterocycles. The Labute approximate surface area is 166 Å². The monoisotopic (exact) mass is 389 g/mol. The molecule has 7 heteroatoms. The van der Waals surface area contributed by atoms with Crippen molar-refractivity contribution in [2.24, 2.45) is 0 Å². The van der Waals surface area contributed by atoms with Crippen molar-refractivity contribution < 1.29 is 13.9 Å². The normalized spacial score (nSPS) is 10.8. The van der Waals surface area contributed by atoms with Gasteiger partial charge in [0.25, 0.3) is 5.91 Å². The molecule has 0 unspecified atom stereocenters. The number of aromatic nitrogens is 2. The zero-order chi connectivity index (χ0) is 20.1. The third-order valence-corrected chi connectivity index (χ3v) is 4.36. The summed E-state index contributed by atoms with van der Waals surface area (Å²) in [6.07, 6.45) is 4.40. The van der Waals surface area contributed by atoms with Crippen molar-refractivity contribution in [2.75, 3.05) is 13.2 Å². The number of ether oxygens (including phenoxy) is 1. The summed E-state index contributed by atoms with van der Waals surface area (Å²) in [5, 5.41) is 7.95. The molecule has 0 aliphatic rings. The molecule has 1 N–H and O–H groups in total. The van der Waals surface area contributed by atoms with Gasteiger partial charge in [-0.05, 0) is 42.3 Å². The quantitative estimate of drug-likeness (QED) is 0.491. The largest absolute Gasteiger partial charge is 0.484 e. The first kappa shape index (κ1) is 18.5. The molecule has 0 radical (unpaired) electrons. The minimum Gasteiger partial charge on any atom is -0.484 e. The maximum atomic E-state index is 12.0. The summed E-state index contributed by atoms with van der Waals surface area (Å²) in [5.41, 5.74) is 2.01. The van der Waals surface area contributed by atoms with Crippen LogP contribution in [-0.2, 0) is 11.2 Å². The predicted molar refractivity (Wildman–Crippen MR) is 108 cm³/mol. The smallest absolute Gasteiger partial charge is 0.336 e. The van der Waals surface area contributed by atoms with Crippen LogP contribution >= 0.6 is 0 Å². The van der Waals surface area contributed by atoms with Crippen molar-refractivity contribution in [3.8, 4) is 11.4 Å². The number of nitrogens with one attached hydrogen (secondary N) is 1. The van der Waals surface area contributed by atoms with Gasteiger partial charge in [-0.1, -0.05) is 18.2 Å². The molecule has 0 aliphatic carbocycles. The van der Waals surface area contributed by atoms with Crippen molar-refractivity contribution in [3.05, 3.63) is 89.0 Å². The molecule has 2 heterocycles. The van der Waals surface area contributed by atoms with Crippen LogP contribution in [0.1, 0.15) is 5.56 Å². The Bertz CT molecular complexity index is 1180. The molecule has 2 aromatic heterocycles. The molecule has 0 saturated carbocycles. The summed E-state index contributed by atoms with van der Waals surface area (Å²) < 4.78 is 12.4. The first-order valence-electron chi connectivity index (χ1n) is 9.20. The topological polar surface area (TPSA) is 86.4 Å². The maximum absolute atomic E-state index is 12.0. The summed E-state index contributed by atoms with van der Waals surface area (Å²) in [7, 11) is 0. The average Bonchev–Trinajstić information content (AvgIpc) is 3.21. The summed E-state index contributed by atoms with van der Waals surface area (Å²) in [6, 6.07) is 18.0. The lowest BCUT2D eigenvalue weighted by atomic mass is 10.2. The second kappa shape index (κ2) is 8.43. The van der Waals surface area contributed by atoms with Crippen LogP contribution in [0.25, 0.3) is 16.7 Å². The van der Waals surface area contributed by atoms with Crippen LogP contribution in [-0.4, -0.2) is 28.8 Å². The van der Waals surface area contributed by atoms with E-state index >= 15 is 0 Å². The van der Waals surface area contributed by atoms with Gasteiger partial charge in [0.2, 0.25) is 0 Å². The number of benzene rings is 2. The minimum atomic E-state index is -0.428. The number of carbonyl (C=O) groups excluding carboxylic acids is 1. The van der Waals surface area contributed by atoms with Crippen LogP contribution in [0.5, 0.6) is 5.75 Å². The Morgan fingerprint density at radius 2 is 1.93 bits per heavy atom. The molecule has 2 aromatic carbocycles. The molecule has 0 saturated heterocycles. The highest BCUT2D eigenvalue weighted by Gasteiger charge is 2.06. The van der Waals surface area contributed by atoms with Gasteiger partial charge in [0, 0.05) is 30.3 Å². The zero-order valence-electron chi connectivity index (χ0n) is 15.6. The zero-order valence-corrected chi connectivity index (χ0v) is 15.6. The first-order valence-corrected chi connectivity index (χ1v) is 9.20. The number of para-hydroxylation sites is 1. The maximum Gasteiger partial charge on any atom is 0.336 e. The number of hydrogen-bond acceptors (Lipinski definition) is 5. The molecule has 0 spiro atoms. The lowest BCUT2D eigenvalue weighted by molar-refractivity contribution is -0.123. The fraction of sp³-hybridized carbons (Fsp3) is 0.136. The molecule has 0 bridgehead atoms. The fourth-order valence-electron chi connectivity index (χ4n) is 2.89. The molecular weight excluding hydrogens is 370 g/mol. The average molecular weight is 389 g/mol. The van der Waals surface area contributed by atoms with Crippen molar-refractivity contribution in [3.63, 3.8) is 0 Å². The van der Waals surface area contributed by atoms with Gasteiger partial charge in [-0.2, -0.15) is 5.10 Å². The summed E-state index contributed by atoms with van der Waals surface area (Å²) in [5.74, 6) is 0.237. The fourth-order valence-corrected chi connectivity index (χ4v) is 2.89. The predicted octanol–water partition coefficient (Wildman–Crippen LogP) is 2.72. The van der Waals surface area contributed by atoms with E-state index in [1.54, 1.807) is 35.1 Å². The molecule has 0 atom stereocenters. The van der Waals surface area contributed by atoms with E-state index < -0.39 is 5.63 Å². The Kier molecular flexibility index (Phi) is 5.38. The summed E-state index contributed by atoms with van der Waals surface area (Å²) in [6.45, 7) is 0.362. The molecule has 0 fully saturated rings. The van der Waals surface area contributed by atoms with E-state index in [-0.39, 0.29) is 12.5 Å². The summed E-state index contributed by atoms with van der Waals surface area (Å²) in [4.78, 5) is 23.3.